The van der Waals surface area contributed by atoms with Gasteiger partial charge in [0, 0.05) is 30.6 Å². The van der Waals surface area contributed by atoms with Crippen LogP contribution in [0.3, 0.4) is 0 Å². The lowest BCUT2D eigenvalue weighted by atomic mass is 9.81. The van der Waals surface area contributed by atoms with Crippen molar-refractivity contribution in [3.63, 3.8) is 0 Å². The largest absolute Gasteiger partial charge is 0.396 e. The molecule has 0 aromatic carbocycles. The van der Waals surface area contributed by atoms with Gasteiger partial charge in [-0.3, -0.25) is 4.79 Å². The van der Waals surface area contributed by atoms with Crippen molar-refractivity contribution >= 4 is 17.2 Å². The zero-order chi connectivity index (χ0) is 12.1. The molecule has 6 heteroatoms. The second kappa shape index (κ2) is 5.57. The number of thiazole rings is 1. The molecule has 1 aromatic heterocycles. The number of hydrogen-bond donors (Lipinski definition) is 2. The van der Waals surface area contributed by atoms with Crippen molar-refractivity contribution < 1.29 is 14.6 Å². The summed E-state index contributed by atoms with van der Waals surface area (Å²) < 4.78 is 5.27. The van der Waals surface area contributed by atoms with Crippen LogP contribution in [0.5, 0.6) is 0 Å². The summed E-state index contributed by atoms with van der Waals surface area (Å²) in [5.74, 6) is -0.175. The average Bonchev–Trinajstić information content (AvgIpc) is 2.91. The van der Waals surface area contributed by atoms with Crippen molar-refractivity contribution in [2.75, 3.05) is 26.4 Å². The van der Waals surface area contributed by atoms with E-state index in [1.54, 1.807) is 10.9 Å². The molecule has 1 aliphatic heterocycles. The van der Waals surface area contributed by atoms with Crippen LogP contribution < -0.4 is 5.32 Å². The summed E-state index contributed by atoms with van der Waals surface area (Å²) in [4.78, 5) is 15.7. The maximum atomic E-state index is 11.7. The van der Waals surface area contributed by atoms with Gasteiger partial charge in [-0.15, -0.1) is 11.3 Å². The predicted octanol–water partition coefficient (Wildman–Crippen LogP) is 0.662. The standard InChI is InChI=1S/C11H16N2O3S/c14-7-11(1-3-16-4-2-11)6-12-10(15)9-5-17-8-13-9/h5,8,14H,1-4,6-7H2,(H,12,15). The Kier molecular flexibility index (Phi) is 4.09. The summed E-state index contributed by atoms with van der Waals surface area (Å²) in [7, 11) is 0. The molecular formula is C11H16N2O3S. The molecule has 2 rings (SSSR count). The number of amides is 1. The molecule has 2 N–H and O–H groups in total. The summed E-state index contributed by atoms with van der Waals surface area (Å²) in [6.45, 7) is 1.84. The predicted molar refractivity (Wildman–Crippen MR) is 64.0 cm³/mol. The highest BCUT2D eigenvalue weighted by atomic mass is 32.1. The number of hydrogen-bond acceptors (Lipinski definition) is 5. The van der Waals surface area contributed by atoms with Crippen LogP contribution in [0.1, 0.15) is 23.3 Å². The van der Waals surface area contributed by atoms with E-state index in [2.05, 4.69) is 10.3 Å². The van der Waals surface area contributed by atoms with Gasteiger partial charge in [0.1, 0.15) is 5.69 Å². The fourth-order valence-corrected chi connectivity index (χ4v) is 2.41. The molecule has 0 atom stereocenters. The molecule has 1 fully saturated rings. The van der Waals surface area contributed by atoms with Gasteiger partial charge in [0.25, 0.3) is 5.91 Å². The Hall–Kier alpha value is -0.980. The number of ether oxygens (including phenoxy) is 1. The van der Waals surface area contributed by atoms with E-state index in [0.29, 0.717) is 25.5 Å². The Labute approximate surface area is 104 Å². The van der Waals surface area contributed by atoms with E-state index in [0.717, 1.165) is 12.8 Å². The minimum atomic E-state index is -0.232. The van der Waals surface area contributed by atoms with E-state index in [1.807, 2.05) is 0 Å². The Balaban J connectivity index is 1.89. The van der Waals surface area contributed by atoms with Crippen LogP contribution in [0.4, 0.5) is 0 Å². The fraction of sp³-hybridized carbons (Fsp3) is 0.636. The summed E-state index contributed by atoms with van der Waals surface area (Å²) in [6, 6.07) is 0. The second-order valence-corrected chi connectivity index (χ2v) is 5.05. The van der Waals surface area contributed by atoms with E-state index >= 15 is 0 Å². The van der Waals surface area contributed by atoms with Crippen LogP contribution in [0, 0.1) is 5.41 Å². The van der Waals surface area contributed by atoms with Crippen molar-refractivity contribution in [2.45, 2.75) is 12.8 Å². The number of carbonyl (C=O) groups excluding carboxylic acids is 1. The Morgan fingerprint density at radius 2 is 2.35 bits per heavy atom. The van der Waals surface area contributed by atoms with Gasteiger partial charge in [-0.25, -0.2) is 4.98 Å². The van der Waals surface area contributed by atoms with Gasteiger partial charge in [0.05, 0.1) is 12.1 Å². The van der Waals surface area contributed by atoms with Crippen LogP contribution in [-0.2, 0) is 4.74 Å². The third kappa shape index (κ3) is 3.02. The van der Waals surface area contributed by atoms with E-state index < -0.39 is 0 Å². The van der Waals surface area contributed by atoms with E-state index in [-0.39, 0.29) is 17.9 Å². The fourth-order valence-electron chi connectivity index (χ4n) is 1.88. The van der Waals surface area contributed by atoms with Gasteiger partial charge >= 0.3 is 0 Å². The molecule has 5 nitrogen and oxygen atoms in total. The lowest BCUT2D eigenvalue weighted by Crippen LogP contribution is -2.43. The molecule has 0 saturated carbocycles. The maximum Gasteiger partial charge on any atom is 0.270 e. The number of aromatic nitrogens is 1. The van der Waals surface area contributed by atoms with Crippen molar-refractivity contribution in [1.29, 1.82) is 0 Å². The molecule has 94 valence electrons. The molecule has 1 saturated heterocycles. The van der Waals surface area contributed by atoms with Crippen molar-refractivity contribution in [3.8, 4) is 0 Å². The summed E-state index contributed by atoms with van der Waals surface area (Å²) >= 11 is 1.39. The minimum absolute atomic E-state index is 0.0771. The Morgan fingerprint density at radius 3 is 2.94 bits per heavy atom. The van der Waals surface area contributed by atoms with Gasteiger partial charge in [0.2, 0.25) is 0 Å². The van der Waals surface area contributed by atoms with E-state index in [1.165, 1.54) is 11.3 Å². The summed E-state index contributed by atoms with van der Waals surface area (Å²) in [5, 5.41) is 14.0. The van der Waals surface area contributed by atoms with Gasteiger partial charge in [-0.2, -0.15) is 0 Å². The monoisotopic (exact) mass is 256 g/mol. The molecule has 0 radical (unpaired) electrons. The first-order chi connectivity index (χ1) is 8.26. The van der Waals surface area contributed by atoms with Crippen molar-refractivity contribution in [3.05, 3.63) is 16.6 Å². The SMILES string of the molecule is O=C(NCC1(CO)CCOCC1)c1cscn1. The molecule has 0 bridgehead atoms. The number of nitrogens with zero attached hydrogens (tertiary/aromatic N) is 1. The van der Waals surface area contributed by atoms with Gasteiger partial charge in [-0.1, -0.05) is 0 Å². The Morgan fingerprint density at radius 1 is 1.59 bits per heavy atom. The first-order valence-electron chi connectivity index (χ1n) is 5.61. The van der Waals surface area contributed by atoms with Crippen LogP contribution >= 0.6 is 11.3 Å². The molecule has 1 aliphatic rings. The van der Waals surface area contributed by atoms with Gasteiger partial charge < -0.3 is 15.2 Å². The quantitative estimate of drug-likeness (QED) is 0.830. The lowest BCUT2D eigenvalue weighted by molar-refractivity contribution is -0.0146. The second-order valence-electron chi connectivity index (χ2n) is 4.33. The smallest absolute Gasteiger partial charge is 0.270 e. The number of aliphatic hydroxyl groups is 1. The maximum absolute atomic E-state index is 11.7. The van der Waals surface area contributed by atoms with Gasteiger partial charge in [-0.05, 0) is 12.8 Å². The third-order valence-electron chi connectivity index (χ3n) is 3.18. The molecular weight excluding hydrogens is 240 g/mol. The molecule has 2 heterocycles. The minimum Gasteiger partial charge on any atom is -0.396 e. The topological polar surface area (TPSA) is 71.5 Å². The highest BCUT2D eigenvalue weighted by Crippen LogP contribution is 2.29. The van der Waals surface area contributed by atoms with Crippen LogP contribution in [0.15, 0.2) is 10.9 Å². The van der Waals surface area contributed by atoms with Crippen LogP contribution in [-0.4, -0.2) is 42.4 Å². The summed E-state index contributed by atoms with van der Waals surface area (Å²) in [6.07, 6.45) is 1.56. The highest BCUT2D eigenvalue weighted by Gasteiger charge is 2.32. The van der Waals surface area contributed by atoms with Crippen LogP contribution in [0.25, 0.3) is 0 Å². The van der Waals surface area contributed by atoms with Crippen molar-refractivity contribution in [1.82, 2.24) is 10.3 Å². The van der Waals surface area contributed by atoms with E-state index in [9.17, 15) is 9.90 Å². The summed E-state index contributed by atoms with van der Waals surface area (Å²) in [5.41, 5.74) is 1.84. The number of nitrogens with one attached hydrogen (secondary N) is 1. The lowest BCUT2D eigenvalue weighted by Gasteiger charge is -2.35. The molecule has 0 aliphatic carbocycles. The molecule has 1 amide bonds. The third-order valence-corrected chi connectivity index (χ3v) is 3.76. The molecule has 17 heavy (non-hydrogen) atoms. The first-order valence-corrected chi connectivity index (χ1v) is 6.55. The number of aliphatic hydroxyl groups excluding tert-OH is 1. The molecule has 1 aromatic rings. The zero-order valence-corrected chi connectivity index (χ0v) is 10.3. The number of carbonyl (C=O) groups is 1. The zero-order valence-electron chi connectivity index (χ0n) is 9.52. The number of rotatable bonds is 4. The molecule has 0 spiro atoms. The van der Waals surface area contributed by atoms with Gasteiger partial charge in [0.15, 0.2) is 0 Å². The highest BCUT2D eigenvalue weighted by molar-refractivity contribution is 7.07. The average molecular weight is 256 g/mol. The van der Waals surface area contributed by atoms with Crippen molar-refractivity contribution in [2.24, 2.45) is 5.41 Å². The first kappa shape index (κ1) is 12.5. The van der Waals surface area contributed by atoms with E-state index in [4.69, 9.17) is 4.74 Å². The Bertz CT molecular complexity index is 361. The normalized spacial score (nSPS) is 18.9. The molecule has 0 unspecified atom stereocenters. The van der Waals surface area contributed by atoms with Crippen LogP contribution in [0.2, 0.25) is 0 Å².